The van der Waals surface area contributed by atoms with Crippen molar-refractivity contribution in [1.82, 2.24) is 24.5 Å². The average Bonchev–Trinajstić information content (AvgIpc) is 3.30. The molecule has 0 spiro atoms. The Balaban J connectivity index is 1.66. The number of hydrogen-bond acceptors (Lipinski definition) is 7. The van der Waals surface area contributed by atoms with E-state index < -0.39 is 5.54 Å². The van der Waals surface area contributed by atoms with Gasteiger partial charge in [-0.25, -0.2) is 0 Å². The number of aromatic nitrogens is 5. The van der Waals surface area contributed by atoms with E-state index in [4.69, 9.17) is 14.7 Å². The summed E-state index contributed by atoms with van der Waals surface area (Å²) in [6, 6.07) is 4.12. The van der Waals surface area contributed by atoms with Gasteiger partial charge in [-0.3, -0.25) is 14.0 Å². The molecule has 4 rings (SSSR count). The monoisotopic (exact) mass is 366 g/mol. The Labute approximate surface area is 155 Å². The molecule has 1 aliphatic heterocycles. The number of nitrogens with zero attached hydrogens (tertiary/aromatic N) is 6. The van der Waals surface area contributed by atoms with Crippen LogP contribution < -0.4 is 0 Å². The van der Waals surface area contributed by atoms with Gasteiger partial charge in [-0.15, -0.1) is 5.10 Å². The minimum absolute atomic E-state index is 0.0934. The molecule has 1 fully saturated rings. The second-order valence-electron chi connectivity index (χ2n) is 6.51. The Morgan fingerprint density at radius 3 is 3.00 bits per heavy atom. The quantitative estimate of drug-likeness (QED) is 0.613. The van der Waals surface area contributed by atoms with E-state index in [-0.39, 0.29) is 12.7 Å². The number of rotatable bonds is 6. The Kier molecular flexibility index (Phi) is 4.33. The zero-order valence-corrected chi connectivity index (χ0v) is 14.8. The number of hydrogen-bond donors (Lipinski definition) is 0. The molecule has 0 atom stereocenters. The molecule has 0 saturated carbocycles. The predicted molar refractivity (Wildman–Crippen MR) is 94.2 cm³/mol. The van der Waals surface area contributed by atoms with Crippen LogP contribution in [0.4, 0.5) is 0 Å². The van der Waals surface area contributed by atoms with Crippen molar-refractivity contribution in [2.75, 3.05) is 13.2 Å². The highest BCUT2D eigenvalue weighted by Crippen LogP contribution is 2.33. The molecule has 0 aromatic carbocycles. The second-order valence-corrected chi connectivity index (χ2v) is 6.51. The predicted octanol–water partition coefficient (Wildman–Crippen LogP) is 1.84. The number of carbonyl (C=O) groups excluding carboxylic acids is 1. The van der Waals surface area contributed by atoms with Crippen molar-refractivity contribution in [3.63, 3.8) is 0 Å². The highest BCUT2D eigenvalue weighted by molar-refractivity contribution is 5.92. The third kappa shape index (κ3) is 2.94. The molecule has 27 heavy (non-hydrogen) atoms. The average molecular weight is 366 g/mol. The lowest BCUT2D eigenvalue weighted by atomic mass is 9.94. The van der Waals surface area contributed by atoms with Crippen molar-refractivity contribution < 1.29 is 14.3 Å². The lowest BCUT2D eigenvalue weighted by molar-refractivity contribution is -0.146. The van der Waals surface area contributed by atoms with Crippen molar-refractivity contribution in [3.8, 4) is 17.2 Å². The molecule has 138 valence electrons. The fourth-order valence-electron chi connectivity index (χ4n) is 3.10. The highest BCUT2D eigenvalue weighted by Gasteiger charge is 2.41. The van der Waals surface area contributed by atoms with Crippen LogP contribution in [-0.2, 0) is 26.5 Å². The summed E-state index contributed by atoms with van der Waals surface area (Å²) < 4.78 is 14.0. The van der Waals surface area contributed by atoms with E-state index in [1.807, 2.05) is 18.5 Å². The van der Waals surface area contributed by atoms with Gasteiger partial charge in [0.15, 0.2) is 12.4 Å². The van der Waals surface area contributed by atoms with Crippen molar-refractivity contribution in [1.29, 1.82) is 5.26 Å². The maximum atomic E-state index is 11.4. The van der Waals surface area contributed by atoms with Crippen LogP contribution in [0.3, 0.4) is 0 Å². The molecule has 1 aliphatic rings. The standard InChI is InChI=1S/C18H18N6O3/c1-2-16(25)27-12-23-6-3-14-15(8-20-22-17(14)23)13-7-21-24(9-13)18(4-5-19)10-26-11-18/h3,6-9H,2,4,10-12H2,1H3. The van der Waals surface area contributed by atoms with E-state index in [2.05, 4.69) is 21.4 Å². The molecule has 0 aliphatic carbocycles. The molecule has 0 radical (unpaired) electrons. The lowest BCUT2D eigenvalue weighted by Crippen LogP contribution is -2.51. The Bertz CT molecular complexity index is 1030. The number of fused-ring (bicyclic) bond motifs is 1. The normalized spacial score (nSPS) is 15.3. The summed E-state index contributed by atoms with van der Waals surface area (Å²) in [7, 11) is 0. The van der Waals surface area contributed by atoms with Gasteiger partial charge in [0.05, 0.1) is 38.1 Å². The van der Waals surface area contributed by atoms with E-state index in [1.54, 1.807) is 28.6 Å². The zero-order valence-electron chi connectivity index (χ0n) is 14.8. The van der Waals surface area contributed by atoms with E-state index in [9.17, 15) is 4.79 Å². The third-order valence-corrected chi connectivity index (χ3v) is 4.75. The first-order valence-electron chi connectivity index (χ1n) is 8.63. The zero-order chi connectivity index (χ0) is 18.9. The molecule has 0 N–H and O–H groups in total. The van der Waals surface area contributed by atoms with E-state index in [0.717, 1.165) is 16.5 Å². The van der Waals surface area contributed by atoms with Crippen LogP contribution in [0, 0.1) is 11.3 Å². The van der Waals surface area contributed by atoms with Crippen molar-refractivity contribution in [3.05, 3.63) is 30.9 Å². The molecule has 1 saturated heterocycles. The van der Waals surface area contributed by atoms with Gasteiger partial charge in [0.25, 0.3) is 0 Å². The SMILES string of the molecule is CCC(=O)OCn1ccc2c(-c3cnn(C4(CC#N)COC4)c3)cnnc21. The fraction of sp³-hybridized carbons (Fsp3) is 0.389. The lowest BCUT2D eigenvalue weighted by Gasteiger charge is -2.39. The van der Waals surface area contributed by atoms with Crippen LogP contribution >= 0.6 is 0 Å². The molecule has 0 amide bonds. The molecule has 9 nitrogen and oxygen atoms in total. The molecule has 0 bridgehead atoms. The van der Waals surface area contributed by atoms with E-state index in [1.165, 1.54) is 0 Å². The summed E-state index contributed by atoms with van der Waals surface area (Å²) in [6.07, 6.45) is 7.82. The molecular formula is C18H18N6O3. The van der Waals surface area contributed by atoms with Crippen LogP contribution in [0.15, 0.2) is 30.9 Å². The van der Waals surface area contributed by atoms with Gasteiger partial charge in [-0.2, -0.15) is 15.5 Å². The third-order valence-electron chi connectivity index (χ3n) is 4.75. The summed E-state index contributed by atoms with van der Waals surface area (Å²) in [5, 5.41) is 22.7. The van der Waals surface area contributed by atoms with Gasteiger partial charge in [-0.05, 0) is 6.07 Å². The molecule has 0 unspecified atom stereocenters. The van der Waals surface area contributed by atoms with Crippen LogP contribution in [0.1, 0.15) is 19.8 Å². The maximum Gasteiger partial charge on any atom is 0.307 e. The largest absolute Gasteiger partial charge is 0.444 e. The minimum atomic E-state index is -0.396. The minimum Gasteiger partial charge on any atom is -0.444 e. The van der Waals surface area contributed by atoms with Gasteiger partial charge in [0, 0.05) is 35.3 Å². The highest BCUT2D eigenvalue weighted by atomic mass is 16.5. The van der Waals surface area contributed by atoms with Crippen LogP contribution in [0.2, 0.25) is 0 Å². The summed E-state index contributed by atoms with van der Waals surface area (Å²) in [5.41, 5.74) is 1.98. The maximum absolute atomic E-state index is 11.4. The molecular weight excluding hydrogens is 348 g/mol. The fourth-order valence-corrected chi connectivity index (χ4v) is 3.10. The number of ether oxygens (including phenoxy) is 2. The first-order chi connectivity index (χ1) is 13.2. The number of nitriles is 1. The smallest absolute Gasteiger partial charge is 0.307 e. The summed E-state index contributed by atoms with van der Waals surface area (Å²) >= 11 is 0. The van der Waals surface area contributed by atoms with Crippen LogP contribution in [-0.4, -0.2) is 43.7 Å². The van der Waals surface area contributed by atoms with Crippen molar-refractivity contribution in [2.24, 2.45) is 0 Å². The van der Waals surface area contributed by atoms with Gasteiger partial charge in [0.1, 0.15) is 5.54 Å². The van der Waals surface area contributed by atoms with Gasteiger partial charge >= 0.3 is 5.97 Å². The summed E-state index contributed by atoms with van der Waals surface area (Å²) in [6.45, 7) is 2.80. The summed E-state index contributed by atoms with van der Waals surface area (Å²) in [5.74, 6) is -0.271. The Hall–Kier alpha value is -3.25. The Morgan fingerprint density at radius 2 is 2.30 bits per heavy atom. The van der Waals surface area contributed by atoms with Crippen molar-refractivity contribution >= 4 is 17.0 Å². The molecule has 9 heteroatoms. The first-order valence-corrected chi connectivity index (χ1v) is 8.63. The molecule has 3 aromatic heterocycles. The topological polar surface area (TPSA) is 108 Å². The number of carbonyl (C=O) groups is 1. The first kappa shape index (κ1) is 17.2. The van der Waals surface area contributed by atoms with Gasteiger partial charge in [-0.1, -0.05) is 6.92 Å². The van der Waals surface area contributed by atoms with Crippen molar-refractivity contribution in [2.45, 2.75) is 32.0 Å². The van der Waals surface area contributed by atoms with Crippen LogP contribution in [0.5, 0.6) is 0 Å². The summed E-state index contributed by atoms with van der Waals surface area (Å²) in [4.78, 5) is 11.4. The second kappa shape index (κ2) is 6.81. The van der Waals surface area contributed by atoms with Crippen LogP contribution in [0.25, 0.3) is 22.2 Å². The molecule has 4 heterocycles. The Morgan fingerprint density at radius 1 is 1.44 bits per heavy atom. The van der Waals surface area contributed by atoms with E-state index >= 15 is 0 Å². The van der Waals surface area contributed by atoms with Gasteiger partial charge in [0.2, 0.25) is 0 Å². The number of esters is 1. The van der Waals surface area contributed by atoms with E-state index in [0.29, 0.717) is 31.7 Å². The molecule has 3 aromatic rings. The van der Waals surface area contributed by atoms with Gasteiger partial charge < -0.3 is 9.47 Å².